The second-order valence-corrected chi connectivity index (χ2v) is 31.7. The van der Waals surface area contributed by atoms with Gasteiger partial charge in [-0.05, 0) is 156 Å². The summed E-state index contributed by atoms with van der Waals surface area (Å²) in [5, 5.41) is 45.9. The summed E-state index contributed by atoms with van der Waals surface area (Å²) < 4.78 is 22.0. The van der Waals surface area contributed by atoms with Crippen LogP contribution in [0.15, 0.2) is 175 Å². The van der Waals surface area contributed by atoms with Crippen LogP contribution in [0, 0.1) is 12.7 Å². The number of aryl methyl sites for hydroxylation is 1. The van der Waals surface area contributed by atoms with Gasteiger partial charge in [-0.15, -0.1) is 11.3 Å². The molecule has 5 fully saturated rings. The van der Waals surface area contributed by atoms with Crippen molar-refractivity contribution in [3.05, 3.63) is 220 Å². The first-order valence-electron chi connectivity index (χ1n) is 37.9. The number of Topliss-reactive ketones (excluding diaryl/α,β-unsaturated/α-hetero) is 1. The lowest BCUT2D eigenvalue weighted by atomic mass is 9.85. The van der Waals surface area contributed by atoms with E-state index in [9.17, 15) is 43.7 Å². The van der Waals surface area contributed by atoms with Crippen LogP contribution in [0.1, 0.15) is 82.9 Å². The van der Waals surface area contributed by atoms with Gasteiger partial charge in [0.2, 0.25) is 11.9 Å². The van der Waals surface area contributed by atoms with E-state index in [1.165, 1.54) is 41.8 Å². The molecule has 12 heterocycles. The highest BCUT2D eigenvalue weighted by molar-refractivity contribution is 8.15. The standard InChI is InChI=1S/C24H29N7O2.C21H20ClNO5.C21H21FN6O.C18H15N3OS2/c1-15-19-14-27-24(28-20-8-7-18(13-26-20)30-11-9-25-10-12-30)29-22(19)31(17-5-3-4-6-17)23(33)21(15)16(2)32;1-23-7-6-12(17(27)10-23)19-14(24)8-15(25)20-16(26)9-18(28-21(19)20)11-4-2-3-5-13(11)22;1-27-7-9-28(10-8-27)12-5-6-14-16(11-12)25-20(24-14)18-19(23)17-13(22)3-2-4-15(17)26-21(18)29;22-17-16(24-18(21-17)20-11-14-4-2-8-23-14)10-12-5-6-15-13(9-12)3-1-7-19-15/h7-8,13-14,17,25H,3-6,9-12H2,1-2H3,(H,26,27,28,29);2-5,8-9,12,17,24-25,27H,6-7,10H2,1H3;2-6,11H,7-10H2,1H3,(H,24,25)(H3,23,26,29);1-9,16H,10-11H2,(H,20,21,22)/t;12-,17+;;/m.0../s1. The number of fused-ring (bicyclic) bond motifs is 5. The van der Waals surface area contributed by atoms with Crippen molar-refractivity contribution in [3.8, 4) is 34.2 Å². The van der Waals surface area contributed by atoms with Crippen molar-refractivity contribution in [2.45, 2.75) is 82.2 Å². The smallest absolute Gasteiger partial charge is 0.263 e. The summed E-state index contributed by atoms with van der Waals surface area (Å²) in [6.45, 7) is 12.8. The van der Waals surface area contributed by atoms with Crippen molar-refractivity contribution in [3.63, 3.8) is 0 Å². The number of aliphatic hydroxyl groups excluding tert-OH is 1. The third-order valence-corrected chi connectivity index (χ3v) is 23.7. The molecular formula is C84H85ClFN17O9S2. The average Bonchev–Trinajstić information content (AvgIpc) is 1.23. The van der Waals surface area contributed by atoms with E-state index >= 15 is 0 Å². The molecule has 18 rings (SSSR count). The number of amidine groups is 1. The number of rotatable bonds is 13. The fraction of sp³-hybridized carbons (Fsp3) is 0.298. The lowest BCUT2D eigenvalue weighted by molar-refractivity contribution is -0.118. The van der Waals surface area contributed by atoms with Crippen molar-refractivity contribution >= 4 is 135 Å². The molecule has 26 nitrogen and oxygen atoms in total. The Morgan fingerprint density at radius 1 is 0.772 bits per heavy atom. The maximum absolute atomic E-state index is 14.3. The van der Waals surface area contributed by atoms with Gasteiger partial charge in [0, 0.05) is 128 Å². The Hall–Kier alpha value is -11.4. The lowest BCUT2D eigenvalue weighted by Gasteiger charge is -2.34. The highest BCUT2D eigenvalue weighted by atomic mass is 35.5. The number of benzene rings is 5. The van der Waals surface area contributed by atoms with Crippen LogP contribution in [0.5, 0.6) is 11.5 Å². The molecule has 5 aliphatic rings. The molecule has 5 aromatic carbocycles. The number of thiophene rings is 1. The summed E-state index contributed by atoms with van der Waals surface area (Å²) in [5.74, 6) is -0.0771. The van der Waals surface area contributed by atoms with Gasteiger partial charge in [0.05, 0.1) is 73.5 Å². The van der Waals surface area contributed by atoms with Crippen molar-refractivity contribution in [1.82, 2.24) is 59.9 Å². The molecule has 0 radical (unpaired) electrons. The Balaban J connectivity index is 0.000000120. The van der Waals surface area contributed by atoms with Gasteiger partial charge in [0.1, 0.15) is 56.9 Å². The maximum Gasteiger partial charge on any atom is 0.263 e. The quantitative estimate of drug-likeness (QED) is 0.0484. The number of aromatic nitrogens is 8. The largest absolute Gasteiger partial charge is 0.507 e. The third-order valence-electron chi connectivity index (χ3n) is 21.4. The zero-order chi connectivity index (χ0) is 79.4. The summed E-state index contributed by atoms with van der Waals surface area (Å²) in [4.78, 5) is 106. The number of halogens is 2. The first-order valence-corrected chi connectivity index (χ1v) is 40.0. The van der Waals surface area contributed by atoms with Gasteiger partial charge in [-0.1, -0.05) is 72.6 Å². The minimum Gasteiger partial charge on any atom is -0.507 e. The number of phenolic OH excluding ortho intramolecular Hbond substituents is 2. The normalized spacial score (nSPS) is 17.9. The second-order valence-electron chi connectivity index (χ2n) is 29.1. The number of thioether (sulfide) groups is 1. The van der Waals surface area contributed by atoms with Crippen molar-refractivity contribution in [2.75, 3.05) is 100 Å². The topological polar surface area (TPSA) is 348 Å². The van der Waals surface area contributed by atoms with Crippen LogP contribution in [0.4, 0.5) is 33.2 Å². The van der Waals surface area contributed by atoms with Crippen LogP contribution >= 0.6 is 34.7 Å². The van der Waals surface area contributed by atoms with E-state index in [0.29, 0.717) is 76.4 Å². The molecule has 13 aromatic rings. The minimum atomic E-state index is -0.744. The van der Waals surface area contributed by atoms with Gasteiger partial charge in [-0.3, -0.25) is 38.5 Å². The van der Waals surface area contributed by atoms with E-state index in [1.807, 2.05) is 84.2 Å². The summed E-state index contributed by atoms with van der Waals surface area (Å²) >= 11 is 9.44. The minimum absolute atomic E-state index is 0.0188. The summed E-state index contributed by atoms with van der Waals surface area (Å²) in [7, 11) is 4.03. The van der Waals surface area contributed by atoms with E-state index in [2.05, 4.69) is 84.7 Å². The summed E-state index contributed by atoms with van der Waals surface area (Å²) in [6.07, 6.45) is 9.84. The van der Waals surface area contributed by atoms with E-state index in [-0.39, 0.29) is 79.0 Å². The molecule has 3 atom stereocenters. The first kappa shape index (κ1) is 77.9. The summed E-state index contributed by atoms with van der Waals surface area (Å²) in [6, 6.07) is 38.0. The van der Waals surface area contributed by atoms with Crippen LogP contribution in [-0.2, 0) is 17.8 Å². The number of aromatic amines is 2. The molecular weight excluding hydrogens is 1510 g/mol. The molecule has 586 valence electrons. The number of piperazine rings is 2. The third kappa shape index (κ3) is 16.8. The van der Waals surface area contributed by atoms with Crippen LogP contribution in [0.2, 0.25) is 5.02 Å². The number of likely N-dealkylation sites (tertiary alicyclic amines) is 1. The number of carbonyl (C=O) groups excluding carboxylic acids is 2. The van der Waals surface area contributed by atoms with Crippen LogP contribution in [-0.4, -0.2) is 172 Å². The SMILES string of the molecule is CC(=O)c1c(C)c2cnc(Nc3ccc(N4CCNCC4)cn3)nc2n(C2CCCC2)c1=O.CN1CCN(c2ccc3nc(-c4c(N)c5c(F)cccc5[nH]c4=O)[nH]c3c2)CC1.CN1CC[C@H](c2c(O)cc(O)c3c(=O)cc(-c4ccccc4Cl)oc23)[C@H](O)C1.O=C1NC(=NCc2cccs2)SC1Cc1ccc2ncccc2c1. The molecule has 8 aromatic heterocycles. The number of piperidine rings is 1. The van der Waals surface area contributed by atoms with Crippen molar-refractivity contribution in [1.29, 1.82) is 0 Å². The maximum atomic E-state index is 14.3. The number of H-pyrrole nitrogens is 2. The highest BCUT2D eigenvalue weighted by Crippen LogP contribution is 2.44. The average molecular weight is 1600 g/mol. The van der Waals surface area contributed by atoms with E-state index in [1.54, 1.807) is 65.6 Å². The molecule has 4 aliphatic heterocycles. The Morgan fingerprint density at radius 2 is 1.55 bits per heavy atom. The van der Waals surface area contributed by atoms with E-state index in [0.717, 1.165) is 140 Å². The number of carbonyl (C=O) groups is 2. The summed E-state index contributed by atoms with van der Waals surface area (Å²) in [5.41, 5.74) is 13.9. The molecule has 30 heteroatoms. The number of aliphatic hydroxyl groups is 1. The van der Waals surface area contributed by atoms with Gasteiger partial charge in [0.25, 0.3) is 11.1 Å². The van der Waals surface area contributed by atoms with Gasteiger partial charge < -0.3 is 71.0 Å². The number of nitrogen functional groups attached to an aromatic ring is 1. The number of amides is 1. The number of aromatic hydroxyl groups is 2. The Morgan fingerprint density at radius 3 is 2.31 bits per heavy atom. The molecule has 1 saturated carbocycles. The van der Waals surface area contributed by atoms with Gasteiger partial charge >= 0.3 is 0 Å². The molecule has 0 spiro atoms. The number of imidazole rings is 1. The number of nitrogens with zero attached hydrogens (tertiary/aromatic N) is 11. The molecule has 114 heavy (non-hydrogen) atoms. The zero-order valence-electron chi connectivity index (χ0n) is 63.1. The number of β-amino-alcohol motifs (C(OH)–C–C–N with tert-alkyl or cyclic N) is 1. The molecule has 1 amide bonds. The van der Waals surface area contributed by atoms with Crippen molar-refractivity contribution < 1.29 is 33.7 Å². The molecule has 1 aliphatic carbocycles. The number of nitrogens with two attached hydrogens (primary N) is 1. The molecule has 4 saturated heterocycles. The number of likely N-dealkylation sites (N-methyl/N-ethyl adjacent to an activating group) is 2. The number of anilines is 5. The number of ketones is 1. The van der Waals surface area contributed by atoms with Crippen LogP contribution < -0.4 is 48.0 Å². The number of aliphatic imine (C=N–C) groups is 1. The predicted octanol–water partition coefficient (Wildman–Crippen LogP) is 12.4. The number of nitrogens with one attached hydrogen (secondary N) is 5. The number of hydrogen-bond donors (Lipinski definition) is 9. The number of hydrogen-bond acceptors (Lipinski definition) is 24. The fourth-order valence-electron chi connectivity index (χ4n) is 15.5. The van der Waals surface area contributed by atoms with Crippen molar-refractivity contribution in [2.24, 2.45) is 4.99 Å². The second kappa shape index (κ2) is 34.1. The van der Waals surface area contributed by atoms with E-state index < -0.39 is 28.8 Å². The molecule has 10 N–H and O–H groups in total. The Bertz CT molecular complexity index is 6000. The highest BCUT2D eigenvalue weighted by Gasteiger charge is 2.35. The monoisotopic (exact) mass is 1590 g/mol. The number of pyridine rings is 4. The van der Waals surface area contributed by atoms with Crippen LogP contribution in [0.25, 0.3) is 77.6 Å². The van der Waals surface area contributed by atoms with Gasteiger partial charge in [-0.2, -0.15) is 4.98 Å². The van der Waals surface area contributed by atoms with E-state index in [4.69, 9.17) is 26.7 Å². The van der Waals surface area contributed by atoms with Gasteiger partial charge in [0.15, 0.2) is 16.4 Å². The van der Waals surface area contributed by atoms with Gasteiger partial charge in [-0.25, -0.2) is 19.3 Å². The first-order chi connectivity index (χ1) is 55.2. The zero-order valence-corrected chi connectivity index (χ0v) is 65.5. The Labute approximate surface area is 667 Å². The molecule has 0 bridgehead atoms. The molecule has 1 unspecified atom stereocenters. The predicted molar refractivity (Wildman–Crippen MR) is 450 cm³/mol. The fourth-order valence-corrected chi connectivity index (χ4v) is 17.3. The lowest BCUT2D eigenvalue weighted by Crippen LogP contribution is -2.44. The Kier molecular flexibility index (Phi) is 23.3. The van der Waals surface area contributed by atoms with Crippen LogP contribution in [0.3, 0.4) is 0 Å². The number of phenols is 2.